The van der Waals surface area contributed by atoms with Crippen LogP contribution in [0.5, 0.6) is 11.5 Å². The highest BCUT2D eigenvalue weighted by atomic mass is 35.5. The number of amides is 1. The summed E-state index contributed by atoms with van der Waals surface area (Å²) in [5.41, 5.74) is 1.63. The van der Waals surface area contributed by atoms with Gasteiger partial charge in [0, 0.05) is 5.02 Å². The van der Waals surface area contributed by atoms with Gasteiger partial charge in [0.25, 0.3) is 5.56 Å². The number of aromatic nitrogens is 2. The molecule has 34 heavy (non-hydrogen) atoms. The lowest BCUT2D eigenvalue weighted by Crippen LogP contribution is -2.35. The summed E-state index contributed by atoms with van der Waals surface area (Å²) in [5.74, 6) is 1.04. The molecule has 1 aromatic heterocycles. The van der Waals surface area contributed by atoms with E-state index < -0.39 is 11.6 Å². The molecule has 0 fully saturated rings. The molecule has 0 atom stereocenters. The Morgan fingerprint density at radius 3 is 2.06 bits per heavy atom. The first-order valence-corrected chi connectivity index (χ1v) is 11.1. The third kappa shape index (κ3) is 5.00. The Labute approximate surface area is 205 Å². The number of hydrogen-bond donors (Lipinski definition) is 1. The van der Waals surface area contributed by atoms with Gasteiger partial charge in [0.15, 0.2) is 0 Å². The molecule has 0 aliphatic heterocycles. The smallest absolute Gasteiger partial charge is 0.261 e. The van der Waals surface area contributed by atoms with E-state index in [4.69, 9.17) is 32.7 Å². The Morgan fingerprint density at radius 2 is 1.53 bits per heavy atom. The fraction of sp³-hybridized carbons (Fsp3) is 0.160. The quantitative estimate of drug-likeness (QED) is 0.402. The van der Waals surface area contributed by atoms with Crippen molar-refractivity contribution in [3.05, 3.63) is 98.5 Å². The number of nitrogens with zero attached hydrogens (tertiary/aromatic N) is 2. The molecule has 0 unspecified atom stereocenters. The number of carbonyl (C=O) groups is 1. The van der Waals surface area contributed by atoms with Crippen LogP contribution in [0, 0.1) is 0 Å². The van der Waals surface area contributed by atoms with E-state index in [1.54, 1.807) is 14.2 Å². The van der Waals surface area contributed by atoms with Crippen LogP contribution in [0.2, 0.25) is 10.0 Å². The van der Waals surface area contributed by atoms with Crippen LogP contribution in [-0.2, 0) is 11.3 Å². The molecule has 7 nitrogen and oxygen atoms in total. The molecule has 1 amide bonds. The fourth-order valence-electron chi connectivity index (χ4n) is 3.62. The fourth-order valence-corrected chi connectivity index (χ4v) is 4.16. The molecule has 0 bridgehead atoms. The second-order valence-corrected chi connectivity index (χ2v) is 8.35. The maximum Gasteiger partial charge on any atom is 0.261 e. The van der Waals surface area contributed by atoms with Gasteiger partial charge < -0.3 is 14.8 Å². The van der Waals surface area contributed by atoms with E-state index in [1.165, 1.54) is 23.0 Å². The average Bonchev–Trinajstić information content (AvgIpc) is 2.85. The molecule has 4 rings (SSSR count). The molecule has 4 aromatic rings. The number of methoxy groups -OCH3 is 2. The number of carbonyl (C=O) groups excluding carboxylic acids is 1. The van der Waals surface area contributed by atoms with E-state index in [0.29, 0.717) is 22.0 Å². The van der Waals surface area contributed by atoms with Crippen LogP contribution in [0.4, 0.5) is 0 Å². The molecule has 1 N–H and O–H groups in total. The van der Waals surface area contributed by atoms with Crippen LogP contribution < -0.4 is 20.3 Å². The lowest BCUT2D eigenvalue weighted by atomic mass is 9.98. The molecular weight excluding hydrogens is 477 g/mol. The molecule has 0 aliphatic carbocycles. The van der Waals surface area contributed by atoms with Crippen LogP contribution in [0.25, 0.3) is 10.9 Å². The van der Waals surface area contributed by atoms with Gasteiger partial charge in [-0.1, -0.05) is 47.5 Å². The third-order valence-electron chi connectivity index (χ3n) is 5.36. The zero-order valence-electron chi connectivity index (χ0n) is 18.4. The molecule has 3 aromatic carbocycles. The Morgan fingerprint density at radius 1 is 0.971 bits per heavy atom. The van der Waals surface area contributed by atoms with Gasteiger partial charge >= 0.3 is 0 Å². The number of nitrogens with one attached hydrogen (secondary N) is 1. The third-order valence-corrected chi connectivity index (χ3v) is 5.87. The van der Waals surface area contributed by atoms with E-state index >= 15 is 0 Å². The topological polar surface area (TPSA) is 82.5 Å². The number of rotatable bonds is 7. The maximum atomic E-state index is 13.0. The largest absolute Gasteiger partial charge is 0.497 e. The normalized spacial score (nSPS) is 11.0. The summed E-state index contributed by atoms with van der Waals surface area (Å²) in [4.78, 5) is 30.2. The van der Waals surface area contributed by atoms with Gasteiger partial charge in [-0.3, -0.25) is 14.2 Å². The first kappa shape index (κ1) is 23.6. The van der Waals surface area contributed by atoms with Gasteiger partial charge in [0.05, 0.1) is 42.5 Å². The highest BCUT2D eigenvalue weighted by Gasteiger charge is 2.19. The summed E-state index contributed by atoms with van der Waals surface area (Å²) in [7, 11) is 3.18. The second kappa shape index (κ2) is 10.2. The van der Waals surface area contributed by atoms with Crippen LogP contribution in [-0.4, -0.2) is 29.7 Å². The summed E-state index contributed by atoms with van der Waals surface area (Å²) < 4.78 is 11.7. The van der Waals surface area contributed by atoms with Crippen molar-refractivity contribution in [2.45, 2.75) is 12.6 Å². The Kier molecular flexibility index (Phi) is 7.05. The summed E-state index contributed by atoms with van der Waals surface area (Å²) in [6.45, 7) is -0.227. The van der Waals surface area contributed by atoms with Gasteiger partial charge in [-0.15, -0.1) is 0 Å². The summed E-state index contributed by atoms with van der Waals surface area (Å²) >= 11 is 12.2. The SMILES string of the molecule is COc1ccc(C(NC(=O)Cn2cnc3c(Cl)cc(Cl)cc3c2=O)c2ccc(OC)cc2)cc1. The van der Waals surface area contributed by atoms with Gasteiger partial charge in [0.1, 0.15) is 18.0 Å². The molecule has 0 spiro atoms. The molecular formula is C25H21Cl2N3O4. The molecule has 9 heteroatoms. The number of ether oxygens (including phenoxy) is 2. The molecule has 0 saturated carbocycles. The van der Waals surface area contributed by atoms with Crippen molar-refractivity contribution in [1.82, 2.24) is 14.9 Å². The highest BCUT2D eigenvalue weighted by molar-refractivity contribution is 6.38. The van der Waals surface area contributed by atoms with Gasteiger partial charge in [-0.2, -0.15) is 0 Å². The molecule has 0 saturated heterocycles. The van der Waals surface area contributed by atoms with E-state index in [2.05, 4.69) is 10.3 Å². The monoisotopic (exact) mass is 497 g/mol. The minimum atomic E-state index is -0.461. The van der Waals surface area contributed by atoms with Gasteiger partial charge in [-0.05, 0) is 47.5 Å². The standard InChI is InChI=1S/C25H21Cl2N3O4/c1-33-18-7-3-15(4-8-18)23(16-5-9-19(34-2)10-6-16)29-22(31)13-30-14-28-24-20(25(30)32)11-17(26)12-21(24)27/h3-12,14,23H,13H2,1-2H3,(H,29,31). The minimum absolute atomic E-state index is 0.227. The van der Waals surface area contributed by atoms with Crippen molar-refractivity contribution in [3.8, 4) is 11.5 Å². The first-order valence-electron chi connectivity index (χ1n) is 10.3. The summed E-state index contributed by atoms with van der Waals surface area (Å²) in [5, 5.41) is 3.85. The number of hydrogen-bond acceptors (Lipinski definition) is 5. The Hall–Kier alpha value is -3.55. The second-order valence-electron chi connectivity index (χ2n) is 7.51. The van der Waals surface area contributed by atoms with Crippen LogP contribution in [0.15, 0.2) is 71.8 Å². The van der Waals surface area contributed by atoms with Crippen LogP contribution in [0.1, 0.15) is 17.2 Å². The van der Waals surface area contributed by atoms with Crippen molar-refractivity contribution < 1.29 is 14.3 Å². The van der Waals surface area contributed by atoms with Crippen molar-refractivity contribution in [3.63, 3.8) is 0 Å². The predicted molar refractivity (Wildman–Crippen MR) is 132 cm³/mol. The van der Waals surface area contributed by atoms with Gasteiger partial charge in [-0.25, -0.2) is 4.98 Å². The van der Waals surface area contributed by atoms with E-state index in [1.807, 2.05) is 48.5 Å². The Balaban J connectivity index is 1.63. The van der Waals surface area contributed by atoms with E-state index in [0.717, 1.165) is 11.1 Å². The minimum Gasteiger partial charge on any atom is -0.497 e. The van der Waals surface area contributed by atoms with Crippen molar-refractivity contribution >= 4 is 40.0 Å². The molecule has 1 heterocycles. The van der Waals surface area contributed by atoms with Crippen molar-refractivity contribution in [2.75, 3.05) is 14.2 Å². The molecule has 0 radical (unpaired) electrons. The van der Waals surface area contributed by atoms with E-state index in [-0.39, 0.29) is 22.9 Å². The number of benzene rings is 3. The van der Waals surface area contributed by atoms with Crippen LogP contribution >= 0.6 is 23.2 Å². The van der Waals surface area contributed by atoms with Crippen molar-refractivity contribution in [2.24, 2.45) is 0 Å². The first-order chi connectivity index (χ1) is 16.4. The van der Waals surface area contributed by atoms with Crippen LogP contribution in [0.3, 0.4) is 0 Å². The summed E-state index contributed by atoms with van der Waals surface area (Å²) in [6, 6.07) is 17.3. The zero-order chi connectivity index (χ0) is 24.2. The maximum absolute atomic E-state index is 13.0. The summed E-state index contributed by atoms with van der Waals surface area (Å²) in [6.07, 6.45) is 1.31. The predicted octanol–water partition coefficient (Wildman–Crippen LogP) is 4.63. The average molecular weight is 498 g/mol. The highest BCUT2D eigenvalue weighted by Crippen LogP contribution is 2.26. The number of fused-ring (bicyclic) bond motifs is 1. The van der Waals surface area contributed by atoms with Crippen molar-refractivity contribution in [1.29, 1.82) is 0 Å². The number of halogens is 2. The molecule has 174 valence electrons. The van der Waals surface area contributed by atoms with Gasteiger partial charge in [0.2, 0.25) is 5.91 Å². The lowest BCUT2D eigenvalue weighted by molar-refractivity contribution is -0.122. The zero-order valence-corrected chi connectivity index (χ0v) is 19.9. The van der Waals surface area contributed by atoms with E-state index in [9.17, 15) is 9.59 Å². The molecule has 0 aliphatic rings. The lowest BCUT2D eigenvalue weighted by Gasteiger charge is -2.21. The Bertz CT molecular complexity index is 1340.